The minimum Gasteiger partial charge on any atom is -0.0619 e. The zero-order valence-corrected chi connectivity index (χ0v) is 12.0. The van der Waals surface area contributed by atoms with Crippen LogP contribution < -0.4 is 0 Å². The fourth-order valence-corrected chi connectivity index (χ4v) is 2.62. The molecule has 0 aromatic heterocycles. The molecule has 0 spiro atoms. The Kier molecular flexibility index (Phi) is 3.82. The molecule has 0 saturated carbocycles. The molecule has 0 N–H and O–H groups in total. The molecule has 0 amide bonds. The lowest BCUT2D eigenvalue weighted by atomic mass is 9.93. The predicted octanol–water partition coefficient (Wildman–Crippen LogP) is 5.20. The Hall–Kier alpha value is -0.600. The van der Waals surface area contributed by atoms with Gasteiger partial charge in [-0.1, -0.05) is 69.1 Å². The Morgan fingerprint density at radius 2 is 1.69 bits per heavy atom. The van der Waals surface area contributed by atoms with E-state index in [9.17, 15) is 0 Å². The Morgan fingerprint density at radius 1 is 0.938 bits per heavy atom. The summed E-state index contributed by atoms with van der Waals surface area (Å²) >= 11 is 7.08. The van der Waals surface area contributed by atoms with Crippen LogP contribution in [-0.4, -0.2) is 0 Å². The average molecular weight is 339 g/mol. The molecule has 16 heavy (non-hydrogen) atoms. The fraction of sp³-hybridized carbons (Fsp3) is 0.0714. The molecular weight excluding hydrogens is 328 g/mol. The molecule has 0 heterocycles. The second kappa shape index (κ2) is 5.15. The third kappa shape index (κ3) is 2.55. The van der Waals surface area contributed by atoms with Crippen LogP contribution in [-0.2, 0) is 0 Å². The zero-order chi connectivity index (χ0) is 11.5. The number of benzene rings is 2. The highest BCUT2D eigenvalue weighted by Gasteiger charge is 2.11. The van der Waals surface area contributed by atoms with E-state index in [4.69, 9.17) is 0 Å². The molecule has 0 saturated heterocycles. The smallest absolute Gasteiger partial charge is 0.0321 e. The average Bonchev–Trinajstić information content (AvgIpc) is 2.29. The van der Waals surface area contributed by atoms with Crippen molar-refractivity contribution in [2.45, 2.75) is 6.92 Å². The highest BCUT2D eigenvalue weighted by Crippen LogP contribution is 2.30. The summed E-state index contributed by atoms with van der Waals surface area (Å²) in [6, 6.07) is 16.6. The monoisotopic (exact) mass is 337 g/mol. The number of hydrogen-bond acceptors (Lipinski definition) is 0. The van der Waals surface area contributed by atoms with Gasteiger partial charge in [-0.2, -0.15) is 0 Å². The minimum absolute atomic E-state index is 1.11. The fourth-order valence-electron chi connectivity index (χ4n) is 1.64. The van der Waals surface area contributed by atoms with Gasteiger partial charge >= 0.3 is 0 Å². The van der Waals surface area contributed by atoms with Gasteiger partial charge in [0.1, 0.15) is 0 Å². The lowest BCUT2D eigenvalue weighted by Crippen LogP contribution is -1.97. The van der Waals surface area contributed by atoms with Crippen LogP contribution in [0.5, 0.6) is 0 Å². The van der Waals surface area contributed by atoms with Gasteiger partial charge in [-0.05, 0) is 29.3 Å². The molecule has 2 rings (SSSR count). The molecule has 0 aliphatic carbocycles. The van der Waals surface area contributed by atoms with Gasteiger partial charge in [0.05, 0.1) is 0 Å². The summed E-state index contributed by atoms with van der Waals surface area (Å²) < 4.78 is 2.24. The van der Waals surface area contributed by atoms with E-state index in [1.165, 1.54) is 17.0 Å². The summed E-state index contributed by atoms with van der Waals surface area (Å²) in [6.07, 6.45) is 0. The van der Waals surface area contributed by atoms with Gasteiger partial charge in [0.2, 0.25) is 0 Å². The Balaban J connectivity index is 2.39. The van der Waals surface area contributed by atoms with Gasteiger partial charge in [0.25, 0.3) is 0 Å². The van der Waals surface area contributed by atoms with E-state index >= 15 is 0 Å². The van der Waals surface area contributed by atoms with Crippen molar-refractivity contribution in [3.8, 4) is 0 Å². The molecule has 0 unspecified atom stereocenters. The van der Waals surface area contributed by atoms with E-state index in [0.29, 0.717) is 0 Å². The summed E-state index contributed by atoms with van der Waals surface area (Å²) in [4.78, 5) is 0. The standard InChI is InChI=1S/C14H11Br2/c1-10(11-5-4-6-12(15)9-11)13-7-2-3-8-14(13)16/h2-9H,1H3. The molecule has 0 atom stereocenters. The lowest BCUT2D eigenvalue weighted by Gasteiger charge is -2.13. The number of rotatable bonds is 2. The second-order valence-electron chi connectivity index (χ2n) is 3.62. The Morgan fingerprint density at radius 3 is 2.38 bits per heavy atom. The topological polar surface area (TPSA) is 0 Å². The largest absolute Gasteiger partial charge is 0.0619 e. The van der Waals surface area contributed by atoms with Crippen LogP contribution in [0.4, 0.5) is 0 Å². The van der Waals surface area contributed by atoms with Crippen molar-refractivity contribution in [3.63, 3.8) is 0 Å². The highest BCUT2D eigenvalue weighted by molar-refractivity contribution is 9.10. The van der Waals surface area contributed by atoms with Gasteiger partial charge < -0.3 is 0 Å². The van der Waals surface area contributed by atoms with Crippen LogP contribution in [0.1, 0.15) is 18.1 Å². The number of hydrogen-bond donors (Lipinski definition) is 0. The third-order valence-corrected chi connectivity index (χ3v) is 3.72. The van der Waals surface area contributed by atoms with Crippen LogP contribution in [0.15, 0.2) is 57.5 Å². The highest BCUT2D eigenvalue weighted by atomic mass is 79.9. The van der Waals surface area contributed by atoms with E-state index in [-0.39, 0.29) is 0 Å². The van der Waals surface area contributed by atoms with Crippen LogP contribution in [0.2, 0.25) is 0 Å². The predicted molar refractivity (Wildman–Crippen MR) is 75.4 cm³/mol. The van der Waals surface area contributed by atoms with E-state index < -0.39 is 0 Å². The molecule has 2 aromatic rings. The zero-order valence-electron chi connectivity index (χ0n) is 8.87. The normalized spacial score (nSPS) is 10.8. The van der Waals surface area contributed by atoms with Crippen LogP contribution in [0.25, 0.3) is 0 Å². The van der Waals surface area contributed by atoms with Gasteiger partial charge in [-0.25, -0.2) is 0 Å². The molecule has 0 bridgehead atoms. The van der Waals surface area contributed by atoms with Crippen molar-refractivity contribution in [3.05, 3.63) is 74.5 Å². The van der Waals surface area contributed by atoms with Crippen LogP contribution in [0.3, 0.4) is 0 Å². The summed E-state index contributed by atoms with van der Waals surface area (Å²) in [5.74, 6) is 1.27. The quantitative estimate of drug-likeness (QED) is 0.705. The molecule has 2 aromatic carbocycles. The van der Waals surface area contributed by atoms with Crippen LogP contribution in [0, 0.1) is 5.92 Å². The van der Waals surface area contributed by atoms with Crippen molar-refractivity contribution in [2.75, 3.05) is 0 Å². The maximum atomic E-state index is 3.58. The summed E-state index contributed by atoms with van der Waals surface area (Å²) in [5, 5.41) is 0. The molecule has 81 valence electrons. The Bertz CT molecular complexity index is 492. The van der Waals surface area contributed by atoms with Crippen molar-refractivity contribution in [2.24, 2.45) is 0 Å². The molecule has 0 nitrogen and oxygen atoms in total. The lowest BCUT2D eigenvalue weighted by molar-refractivity contribution is 1.18. The first kappa shape index (κ1) is 11.9. The van der Waals surface area contributed by atoms with Crippen molar-refractivity contribution in [1.82, 2.24) is 0 Å². The second-order valence-corrected chi connectivity index (χ2v) is 5.39. The third-order valence-electron chi connectivity index (χ3n) is 2.54. The first-order valence-electron chi connectivity index (χ1n) is 5.03. The van der Waals surface area contributed by atoms with Crippen molar-refractivity contribution >= 4 is 31.9 Å². The SMILES string of the molecule is C[C](c1cccc(Br)c1)c1ccccc1Br. The maximum absolute atomic E-state index is 3.58. The molecule has 0 fully saturated rings. The molecule has 0 aliphatic heterocycles. The van der Waals surface area contributed by atoms with Gasteiger partial charge in [0, 0.05) is 14.9 Å². The van der Waals surface area contributed by atoms with Gasteiger partial charge in [0.15, 0.2) is 0 Å². The summed E-state index contributed by atoms with van der Waals surface area (Å²) in [5.41, 5.74) is 2.47. The molecule has 1 radical (unpaired) electrons. The minimum atomic E-state index is 1.11. The molecule has 2 heteroatoms. The maximum Gasteiger partial charge on any atom is 0.0321 e. The van der Waals surface area contributed by atoms with E-state index in [1.807, 2.05) is 12.1 Å². The van der Waals surface area contributed by atoms with Gasteiger partial charge in [-0.3, -0.25) is 0 Å². The van der Waals surface area contributed by atoms with E-state index in [1.54, 1.807) is 0 Å². The molecular formula is C14H11Br2. The number of halogens is 2. The first-order chi connectivity index (χ1) is 7.68. The van der Waals surface area contributed by atoms with E-state index in [2.05, 4.69) is 75.2 Å². The summed E-state index contributed by atoms with van der Waals surface area (Å²) in [7, 11) is 0. The van der Waals surface area contributed by atoms with Crippen LogP contribution >= 0.6 is 31.9 Å². The van der Waals surface area contributed by atoms with E-state index in [0.717, 1.165) is 8.95 Å². The first-order valence-corrected chi connectivity index (χ1v) is 6.61. The summed E-state index contributed by atoms with van der Waals surface area (Å²) in [6.45, 7) is 2.14. The van der Waals surface area contributed by atoms with Crippen molar-refractivity contribution < 1.29 is 0 Å². The van der Waals surface area contributed by atoms with Gasteiger partial charge in [-0.15, -0.1) is 0 Å². The molecule has 0 aliphatic rings. The Labute approximate surface area is 113 Å². The van der Waals surface area contributed by atoms with Crippen molar-refractivity contribution in [1.29, 1.82) is 0 Å².